The highest BCUT2D eigenvalue weighted by atomic mass is 16.5. The van der Waals surface area contributed by atoms with Crippen LogP contribution in [0.3, 0.4) is 0 Å². The zero-order valence-electron chi connectivity index (χ0n) is 19.2. The number of nitrogens with one attached hydrogen (secondary N) is 2. The molecule has 1 heterocycles. The van der Waals surface area contributed by atoms with E-state index in [1.807, 2.05) is 0 Å². The molecule has 11 heteroatoms. The number of hydrogen-bond donors (Lipinski definition) is 7. The lowest BCUT2D eigenvalue weighted by atomic mass is 9.95. The Bertz CT molecular complexity index is 1110. The van der Waals surface area contributed by atoms with Crippen molar-refractivity contribution in [2.45, 2.75) is 43.5 Å². The van der Waals surface area contributed by atoms with Gasteiger partial charge in [0.1, 0.15) is 23.6 Å². The van der Waals surface area contributed by atoms with E-state index in [4.69, 9.17) is 16.2 Å². The van der Waals surface area contributed by atoms with Gasteiger partial charge < -0.3 is 42.2 Å². The normalized spacial score (nSPS) is 21.7. The molecular weight excluding hydrogens is 456 g/mol. The summed E-state index contributed by atoms with van der Waals surface area (Å²) in [5.41, 5.74) is 13.7. The summed E-state index contributed by atoms with van der Waals surface area (Å²) >= 11 is 0. The summed E-state index contributed by atoms with van der Waals surface area (Å²) in [5, 5.41) is 35.8. The molecule has 35 heavy (non-hydrogen) atoms. The number of aromatic hydroxyl groups is 2. The van der Waals surface area contributed by atoms with Crippen molar-refractivity contribution in [1.29, 1.82) is 0 Å². The summed E-state index contributed by atoms with van der Waals surface area (Å²) in [6.45, 7) is -0.159. The first kappa shape index (κ1) is 25.9. The molecule has 0 aromatic heterocycles. The van der Waals surface area contributed by atoms with Gasteiger partial charge >= 0.3 is 5.97 Å². The van der Waals surface area contributed by atoms with E-state index in [2.05, 4.69) is 10.6 Å². The number of ether oxygens (including phenoxy) is 1. The average Bonchev–Trinajstić information content (AvgIpc) is 2.84. The van der Waals surface area contributed by atoms with Crippen molar-refractivity contribution < 1.29 is 34.4 Å². The Morgan fingerprint density at radius 1 is 1.03 bits per heavy atom. The van der Waals surface area contributed by atoms with E-state index in [9.17, 15) is 29.7 Å². The molecule has 4 bridgehead atoms. The van der Waals surface area contributed by atoms with Gasteiger partial charge in [0, 0.05) is 25.8 Å². The van der Waals surface area contributed by atoms with Gasteiger partial charge in [0.05, 0.1) is 19.3 Å². The molecule has 0 saturated heterocycles. The number of methoxy groups -OCH3 is 1. The number of carbonyl (C=O) groups is 3. The predicted molar refractivity (Wildman–Crippen MR) is 126 cm³/mol. The van der Waals surface area contributed by atoms with Gasteiger partial charge in [0.2, 0.25) is 11.8 Å². The van der Waals surface area contributed by atoms with Crippen molar-refractivity contribution in [3.63, 3.8) is 0 Å². The van der Waals surface area contributed by atoms with Crippen LogP contribution < -0.4 is 22.1 Å². The second-order valence-electron chi connectivity index (χ2n) is 8.47. The van der Waals surface area contributed by atoms with Gasteiger partial charge in [-0.25, -0.2) is 4.79 Å². The zero-order valence-corrected chi connectivity index (χ0v) is 19.2. The van der Waals surface area contributed by atoms with Gasteiger partial charge in [0.15, 0.2) is 0 Å². The van der Waals surface area contributed by atoms with Crippen molar-refractivity contribution in [3.8, 4) is 22.6 Å². The molecule has 2 aromatic carbocycles. The van der Waals surface area contributed by atoms with Crippen molar-refractivity contribution >= 4 is 17.8 Å². The first-order valence-corrected chi connectivity index (χ1v) is 11.1. The van der Waals surface area contributed by atoms with Crippen molar-refractivity contribution in [2.24, 2.45) is 11.5 Å². The topological polar surface area (TPSA) is 197 Å². The molecule has 1 aliphatic heterocycles. The molecule has 2 amide bonds. The summed E-state index contributed by atoms with van der Waals surface area (Å²) in [4.78, 5) is 38.4. The van der Waals surface area contributed by atoms with E-state index in [1.54, 1.807) is 24.3 Å². The van der Waals surface area contributed by atoms with E-state index >= 15 is 0 Å². The number of rotatable bonds is 4. The second-order valence-corrected chi connectivity index (χ2v) is 8.47. The lowest BCUT2D eigenvalue weighted by Gasteiger charge is -2.25. The molecule has 9 N–H and O–H groups in total. The predicted octanol–water partition coefficient (Wildman–Crippen LogP) is -0.957. The lowest BCUT2D eigenvalue weighted by Crippen LogP contribution is -2.56. The molecule has 188 valence electrons. The molecule has 0 unspecified atom stereocenters. The fraction of sp³-hybridized carbons (Fsp3) is 0.375. The summed E-state index contributed by atoms with van der Waals surface area (Å²) in [5.74, 6) is -2.37. The maximum Gasteiger partial charge on any atom is 0.328 e. The molecule has 0 spiro atoms. The lowest BCUT2D eigenvalue weighted by molar-refractivity contribution is -0.145. The number of aliphatic hydroxyl groups is 1. The fourth-order valence-corrected chi connectivity index (χ4v) is 3.89. The Morgan fingerprint density at radius 2 is 1.60 bits per heavy atom. The van der Waals surface area contributed by atoms with Gasteiger partial charge in [-0.05, 0) is 46.5 Å². The molecule has 1 aliphatic rings. The Labute approximate surface area is 202 Å². The second kappa shape index (κ2) is 11.2. The Morgan fingerprint density at radius 3 is 2.14 bits per heavy atom. The first-order valence-electron chi connectivity index (χ1n) is 11.1. The van der Waals surface area contributed by atoms with E-state index in [0.29, 0.717) is 22.3 Å². The molecular formula is C24H30N4O7. The highest BCUT2D eigenvalue weighted by Gasteiger charge is 2.31. The largest absolute Gasteiger partial charge is 0.508 e. The van der Waals surface area contributed by atoms with Crippen LogP contribution in [0.25, 0.3) is 11.1 Å². The number of phenolic OH excluding ortho intramolecular Hbond substituents is 2. The van der Waals surface area contributed by atoms with Crippen LogP contribution in [0.15, 0.2) is 36.4 Å². The Balaban J connectivity index is 2.10. The SMILES string of the molecule is COC(=O)[C@@H]1Cc2cc(ccc2O)-c2ccc(O)c(c2)C[C@H](N)C(=O)N[C@@H](C[C@@H](O)CN)C(=O)N1. The Kier molecular flexibility index (Phi) is 8.28. The third kappa shape index (κ3) is 6.27. The highest BCUT2D eigenvalue weighted by Crippen LogP contribution is 2.30. The fourth-order valence-electron chi connectivity index (χ4n) is 3.89. The van der Waals surface area contributed by atoms with Crippen LogP contribution in [-0.2, 0) is 32.0 Å². The maximum atomic E-state index is 13.1. The maximum absolute atomic E-state index is 13.1. The number of carbonyl (C=O) groups excluding carboxylic acids is 3. The minimum atomic E-state index is -1.26. The highest BCUT2D eigenvalue weighted by molar-refractivity contribution is 5.92. The number of aliphatic hydroxyl groups excluding tert-OH is 1. The number of hydrogen-bond acceptors (Lipinski definition) is 9. The van der Waals surface area contributed by atoms with Gasteiger partial charge in [-0.1, -0.05) is 12.1 Å². The van der Waals surface area contributed by atoms with Gasteiger partial charge in [-0.2, -0.15) is 0 Å². The number of benzene rings is 2. The molecule has 0 saturated carbocycles. The zero-order chi connectivity index (χ0) is 25.7. The Hall–Kier alpha value is -3.67. The standard InChI is InChI=1S/C24H30N4O7/c1-35-24(34)19-9-15-7-13(3-5-21(15)31)12-2-4-20(30)14(6-12)8-17(26)22(32)27-18(23(33)28-19)10-16(29)11-25/h2-7,16-19,29-31H,8-11,25-26H2,1H3,(H,27,32)(H,28,33)/t16-,17+,18+,19+/m1/s1. The van der Waals surface area contributed by atoms with Crippen LogP contribution in [0.5, 0.6) is 11.5 Å². The number of nitrogens with two attached hydrogens (primary N) is 2. The van der Waals surface area contributed by atoms with Gasteiger partial charge in [0.25, 0.3) is 0 Å². The van der Waals surface area contributed by atoms with E-state index < -0.39 is 42.0 Å². The van der Waals surface area contributed by atoms with Crippen LogP contribution in [0, 0.1) is 0 Å². The molecule has 2 aromatic rings. The number of fused-ring (bicyclic) bond motifs is 5. The average molecular weight is 487 g/mol. The quantitative estimate of drug-likeness (QED) is 0.266. The molecule has 11 nitrogen and oxygen atoms in total. The smallest absolute Gasteiger partial charge is 0.328 e. The number of phenols is 2. The monoisotopic (exact) mass is 486 g/mol. The van der Waals surface area contributed by atoms with Crippen molar-refractivity contribution in [1.82, 2.24) is 10.6 Å². The minimum Gasteiger partial charge on any atom is -0.508 e. The molecule has 3 rings (SSSR count). The summed E-state index contributed by atoms with van der Waals surface area (Å²) < 4.78 is 4.82. The van der Waals surface area contributed by atoms with Gasteiger partial charge in [-0.3, -0.25) is 9.59 Å². The molecule has 0 aliphatic carbocycles. The summed E-state index contributed by atoms with van der Waals surface area (Å²) in [6.07, 6.45) is -1.48. The first-order chi connectivity index (χ1) is 16.6. The van der Waals surface area contributed by atoms with Crippen LogP contribution in [0.4, 0.5) is 0 Å². The molecule has 0 fully saturated rings. The minimum absolute atomic E-state index is 0.0327. The third-order valence-electron chi connectivity index (χ3n) is 5.91. The van der Waals surface area contributed by atoms with Gasteiger partial charge in [-0.15, -0.1) is 0 Å². The summed E-state index contributed by atoms with van der Waals surface area (Å²) in [7, 11) is 1.16. The van der Waals surface area contributed by atoms with E-state index in [1.165, 1.54) is 12.1 Å². The van der Waals surface area contributed by atoms with Crippen LogP contribution in [-0.4, -0.2) is 71.0 Å². The van der Waals surface area contributed by atoms with E-state index in [-0.39, 0.29) is 37.3 Å². The number of esters is 1. The van der Waals surface area contributed by atoms with Crippen molar-refractivity contribution in [3.05, 3.63) is 47.5 Å². The third-order valence-corrected chi connectivity index (χ3v) is 5.91. The number of amides is 2. The van der Waals surface area contributed by atoms with Crippen LogP contribution in [0.2, 0.25) is 0 Å². The van der Waals surface area contributed by atoms with Crippen LogP contribution in [0.1, 0.15) is 17.5 Å². The molecule has 0 radical (unpaired) electrons. The summed E-state index contributed by atoms with van der Waals surface area (Å²) in [6, 6.07) is 6.02. The van der Waals surface area contributed by atoms with Crippen LogP contribution >= 0.6 is 0 Å². The van der Waals surface area contributed by atoms with E-state index in [0.717, 1.165) is 7.11 Å². The molecule has 4 atom stereocenters. The van der Waals surface area contributed by atoms with Crippen molar-refractivity contribution in [2.75, 3.05) is 13.7 Å².